The van der Waals surface area contributed by atoms with Crippen molar-refractivity contribution < 1.29 is 42.5 Å². The molecule has 1 fully saturated rings. The van der Waals surface area contributed by atoms with Crippen LogP contribution in [0.4, 0.5) is 19.4 Å². The van der Waals surface area contributed by atoms with Crippen molar-refractivity contribution in [1.29, 1.82) is 0 Å². The summed E-state index contributed by atoms with van der Waals surface area (Å²) in [7, 11) is 0. The van der Waals surface area contributed by atoms with Gasteiger partial charge in [0.2, 0.25) is 5.60 Å². The number of nitrogens with zero attached hydrogens (tertiary/aromatic N) is 2. The molecular weight excluding hydrogens is 436 g/mol. The highest BCUT2D eigenvalue weighted by molar-refractivity contribution is 5.87. The first kappa shape index (κ1) is 25.3. The van der Waals surface area contributed by atoms with Crippen LogP contribution in [0.1, 0.15) is 47.0 Å². The fourth-order valence-electron chi connectivity index (χ4n) is 3.31. The topological polar surface area (TPSA) is 146 Å². The highest BCUT2D eigenvalue weighted by Crippen LogP contribution is 2.46. The number of nitrogens with one attached hydrogen (secondary N) is 1. The fraction of sp³-hybridized carbons (Fsp3) is 0.632. The Bertz CT molecular complexity index is 955. The molecule has 32 heavy (non-hydrogen) atoms. The predicted octanol–water partition coefficient (Wildman–Crippen LogP) is 1.37. The third-order valence-electron chi connectivity index (χ3n) is 4.87. The van der Waals surface area contributed by atoms with Crippen molar-refractivity contribution in [3.05, 3.63) is 22.5 Å². The van der Waals surface area contributed by atoms with Crippen LogP contribution in [0, 0.1) is 5.82 Å². The number of carbonyl (C=O) groups excluding carboxylic acids is 3. The summed E-state index contributed by atoms with van der Waals surface area (Å²) >= 11 is 0. The molecule has 0 spiro atoms. The first-order valence-electron chi connectivity index (χ1n) is 9.89. The van der Waals surface area contributed by atoms with Crippen LogP contribution in [0.15, 0.2) is 11.0 Å². The normalized spacial score (nSPS) is 27.1. The average molecular weight is 461 g/mol. The lowest BCUT2D eigenvalue weighted by atomic mass is 9.88. The lowest BCUT2D eigenvalue weighted by molar-refractivity contribution is -0.267. The van der Waals surface area contributed by atoms with Crippen molar-refractivity contribution in [3.8, 4) is 0 Å². The van der Waals surface area contributed by atoms with Gasteiger partial charge in [-0.05, 0) is 20.3 Å². The Hall–Kier alpha value is -2.93. The average Bonchev–Trinajstić information content (AvgIpc) is 2.89. The summed E-state index contributed by atoms with van der Waals surface area (Å²) in [5.41, 5.74) is -4.70. The summed E-state index contributed by atoms with van der Waals surface area (Å²) in [6, 6.07) is 0. The van der Waals surface area contributed by atoms with Gasteiger partial charge in [-0.3, -0.25) is 14.9 Å². The van der Waals surface area contributed by atoms with Crippen LogP contribution < -0.4 is 11.0 Å². The molecule has 0 bridgehead atoms. The van der Waals surface area contributed by atoms with Crippen molar-refractivity contribution in [1.82, 2.24) is 9.55 Å². The summed E-state index contributed by atoms with van der Waals surface area (Å²) in [6.07, 6.45) is -1.79. The molecule has 1 aliphatic heterocycles. The minimum absolute atomic E-state index is 0.0564. The van der Waals surface area contributed by atoms with Gasteiger partial charge in [-0.15, -0.1) is 0 Å². The first-order chi connectivity index (χ1) is 14.9. The number of amides is 1. The molecule has 2 N–H and O–H groups in total. The molecule has 1 aromatic heterocycles. The number of hydrogen-bond donors (Lipinski definition) is 2. The second-order valence-electron chi connectivity index (χ2n) is 7.29. The number of hydrogen-bond acceptors (Lipinski definition) is 9. The van der Waals surface area contributed by atoms with E-state index >= 15 is 4.39 Å². The van der Waals surface area contributed by atoms with Crippen LogP contribution in [0.2, 0.25) is 0 Å². The van der Waals surface area contributed by atoms with Crippen molar-refractivity contribution in [2.24, 2.45) is 0 Å². The molecular formula is C19H25F2N3O8. The van der Waals surface area contributed by atoms with Gasteiger partial charge in [0.25, 0.3) is 0 Å². The van der Waals surface area contributed by atoms with Gasteiger partial charge in [-0.25, -0.2) is 18.5 Å². The van der Waals surface area contributed by atoms with E-state index in [9.17, 15) is 28.7 Å². The van der Waals surface area contributed by atoms with Crippen LogP contribution >= 0.6 is 0 Å². The van der Waals surface area contributed by atoms with Crippen molar-refractivity contribution >= 4 is 23.7 Å². The Morgan fingerprint density at radius 1 is 1.34 bits per heavy atom. The summed E-state index contributed by atoms with van der Waals surface area (Å²) < 4.78 is 45.0. The minimum atomic E-state index is -3.66. The maximum atomic E-state index is 15.9. The van der Waals surface area contributed by atoms with E-state index < -0.39 is 59.0 Å². The van der Waals surface area contributed by atoms with Crippen molar-refractivity contribution in [3.63, 3.8) is 0 Å². The van der Waals surface area contributed by atoms with E-state index in [1.54, 1.807) is 0 Å². The standard InChI is InChI=1S/C19H25F2N3O8/c1-5-6-7-8-30-17(28)23-15-13(20)9-24(16(27)22-15)19(21)18(29,11(3)25)14(10(2)32-19)31-12(4)26/h9-10,14,29H,5-8H2,1-4H3,(H,22,23,27,28)/t10-,14-,18-,19+/m1/s1. The number of carbonyl (C=O) groups is 3. The van der Waals surface area contributed by atoms with E-state index in [-0.39, 0.29) is 17.4 Å². The molecule has 1 aliphatic rings. The molecule has 2 heterocycles. The monoisotopic (exact) mass is 461 g/mol. The number of ether oxygens (including phenoxy) is 3. The number of halogens is 2. The van der Waals surface area contributed by atoms with Gasteiger partial charge in [0.15, 0.2) is 23.5 Å². The number of aliphatic hydroxyl groups is 1. The molecule has 0 aromatic carbocycles. The number of aromatic nitrogens is 2. The van der Waals surface area contributed by atoms with E-state index in [4.69, 9.17) is 14.2 Å². The second-order valence-corrected chi connectivity index (χ2v) is 7.29. The second kappa shape index (κ2) is 9.69. The van der Waals surface area contributed by atoms with Gasteiger partial charge in [-0.1, -0.05) is 19.8 Å². The molecule has 11 nitrogen and oxygen atoms in total. The van der Waals surface area contributed by atoms with Gasteiger partial charge in [-0.2, -0.15) is 9.37 Å². The molecule has 1 saturated heterocycles. The molecule has 0 unspecified atom stereocenters. The van der Waals surface area contributed by atoms with Gasteiger partial charge in [0.05, 0.1) is 12.8 Å². The summed E-state index contributed by atoms with van der Waals surface area (Å²) in [5, 5.41) is 12.8. The third kappa shape index (κ3) is 4.63. The molecule has 178 valence electrons. The summed E-state index contributed by atoms with van der Waals surface area (Å²) in [4.78, 5) is 51.0. The highest BCUT2D eigenvalue weighted by Gasteiger charge is 2.72. The van der Waals surface area contributed by atoms with Gasteiger partial charge in [0.1, 0.15) is 6.10 Å². The van der Waals surface area contributed by atoms with Crippen LogP contribution in [0.5, 0.6) is 0 Å². The zero-order chi connectivity index (χ0) is 24.3. The Morgan fingerprint density at radius 2 is 2.00 bits per heavy atom. The van der Waals surface area contributed by atoms with Gasteiger partial charge < -0.3 is 19.3 Å². The van der Waals surface area contributed by atoms with Crippen LogP contribution in [0.3, 0.4) is 0 Å². The Labute approximate surface area is 181 Å². The Morgan fingerprint density at radius 3 is 2.56 bits per heavy atom. The number of rotatable bonds is 8. The summed E-state index contributed by atoms with van der Waals surface area (Å²) in [5.74, 6) is -8.11. The zero-order valence-electron chi connectivity index (χ0n) is 18.0. The molecule has 2 rings (SSSR count). The molecule has 1 aromatic rings. The Kier molecular flexibility index (Phi) is 7.67. The maximum absolute atomic E-state index is 15.9. The molecule has 0 saturated carbocycles. The quantitative estimate of drug-likeness (QED) is 0.433. The van der Waals surface area contributed by atoms with Gasteiger partial charge in [0, 0.05) is 6.92 Å². The predicted molar refractivity (Wildman–Crippen MR) is 104 cm³/mol. The van der Waals surface area contributed by atoms with E-state index in [1.165, 1.54) is 6.92 Å². The molecule has 4 atom stereocenters. The Balaban J connectivity index is 2.39. The van der Waals surface area contributed by atoms with E-state index in [2.05, 4.69) is 4.98 Å². The highest BCUT2D eigenvalue weighted by atomic mass is 19.2. The molecule has 13 heteroatoms. The number of anilines is 1. The molecule has 0 aliphatic carbocycles. The number of ketones is 1. The van der Waals surface area contributed by atoms with E-state index in [0.29, 0.717) is 6.42 Å². The van der Waals surface area contributed by atoms with Crippen molar-refractivity contribution in [2.75, 3.05) is 11.9 Å². The number of Topliss-reactive ketones (excluding diaryl/α,β-unsaturated/α-hetero) is 1. The van der Waals surface area contributed by atoms with Crippen LogP contribution in [0.25, 0.3) is 0 Å². The fourth-order valence-corrected chi connectivity index (χ4v) is 3.31. The molecule has 0 radical (unpaired) electrons. The van der Waals surface area contributed by atoms with Crippen LogP contribution in [-0.4, -0.2) is 56.9 Å². The van der Waals surface area contributed by atoms with E-state index in [0.717, 1.165) is 26.7 Å². The number of alkyl halides is 1. The zero-order valence-corrected chi connectivity index (χ0v) is 18.0. The smallest absolute Gasteiger partial charge is 0.412 e. The SMILES string of the molecule is CCCCCOC(=O)Nc1nc(=O)n([C@]2(F)O[C@H](C)[C@@H](OC(C)=O)[C@]2(O)C(C)=O)cc1F. The third-order valence-corrected chi connectivity index (χ3v) is 4.87. The van der Waals surface area contributed by atoms with Gasteiger partial charge >= 0.3 is 23.7 Å². The molecule has 1 amide bonds. The lowest BCUT2D eigenvalue weighted by Crippen LogP contribution is -2.62. The first-order valence-corrected chi connectivity index (χ1v) is 9.89. The number of unbranched alkanes of at least 4 members (excludes halogenated alkanes) is 2. The number of esters is 1. The largest absolute Gasteiger partial charge is 0.456 e. The maximum Gasteiger partial charge on any atom is 0.412 e. The lowest BCUT2D eigenvalue weighted by Gasteiger charge is -2.34. The van der Waals surface area contributed by atoms with E-state index in [1.807, 2.05) is 12.2 Å². The van der Waals surface area contributed by atoms with Crippen molar-refractivity contribution in [2.45, 2.75) is 70.7 Å². The summed E-state index contributed by atoms with van der Waals surface area (Å²) in [6.45, 7) is 4.93. The van der Waals surface area contributed by atoms with Crippen LogP contribution in [-0.2, 0) is 29.8 Å². The minimum Gasteiger partial charge on any atom is -0.456 e.